The van der Waals surface area contributed by atoms with Crippen LogP contribution in [-0.2, 0) is 9.59 Å². The molecule has 0 heterocycles. The van der Waals surface area contributed by atoms with Gasteiger partial charge in [-0.05, 0) is 37.8 Å². The maximum absolute atomic E-state index is 12.3. The number of amides is 2. The van der Waals surface area contributed by atoms with Crippen LogP contribution in [0.25, 0.3) is 0 Å². The first kappa shape index (κ1) is 20.2. The number of quaternary nitrogens is 1. The quantitative estimate of drug-likeness (QED) is 0.639. The van der Waals surface area contributed by atoms with Gasteiger partial charge in [0.25, 0.3) is 11.8 Å². The number of carbonyl (C=O) groups excluding carboxylic acids is 2. The van der Waals surface area contributed by atoms with Gasteiger partial charge in [-0.1, -0.05) is 39.0 Å². The fourth-order valence-electron chi connectivity index (χ4n) is 2.43. The topological polar surface area (TPSA) is 62.6 Å². The Morgan fingerprint density at radius 2 is 1.71 bits per heavy atom. The molecule has 1 rings (SSSR count). The smallest absolute Gasteiger partial charge is 0.279 e. The van der Waals surface area contributed by atoms with E-state index in [2.05, 4.69) is 31.4 Å². The summed E-state index contributed by atoms with van der Waals surface area (Å²) in [5.41, 5.74) is 1.86. The minimum Gasteiger partial charge on any atom is -0.348 e. The first-order chi connectivity index (χ1) is 11.3. The van der Waals surface area contributed by atoms with Crippen molar-refractivity contribution < 1.29 is 14.5 Å². The van der Waals surface area contributed by atoms with Gasteiger partial charge in [0.05, 0.1) is 6.54 Å². The predicted octanol–water partition coefficient (Wildman–Crippen LogP) is 1.39. The third kappa shape index (κ3) is 7.13. The fourth-order valence-corrected chi connectivity index (χ4v) is 2.43. The van der Waals surface area contributed by atoms with Gasteiger partial charge < -0.3 is 15.5 Å². The Kier molecular flexibility index (Phi) is 8.47. The Balaban J connectivity index is 2.57. The van der Waals surface area contributed by atoms with E-state index in [0.717, 1.165) is 29.1 Å². The molecule has 0 aromatic heterocycles. The predicted molar refractivity (Wildman–Crippen MR) is 98.1 cm³/mol. The molecule has 0 radical (unpaired) electrons. The standard InChI is InChI=1S/C19H31N3O2/c1-6-11-22(12-18(23)20-16(5)14(2)3)13-19(24)21-17-10-8-7-9-15(17)4/h7-10,14,16H,6,11-13H2,1-5H3,(H,20,23)(H,21,24)/p+1/t16-/m0/s1. The van der Waals surface area contributed by atoms with E-state index < -0.39 is 0 Å². The lowest BCUT2D eigenvalue weighted by Crippen LogP contribution is -3.14. The number of nitrogens with one attached hydrogen (secondary N) is 3. The molecule has 3 N–H and O–H groups in total. The average Bonchev–Trinajstić information content (AvgIpc) is 2.49. The van der Waals surface area contributed by atoms with E-state index in [9.17, 15) is 9.59 Å². The number of hydrogen-bond acceptors (Lipinski definition) is 2. The van der Waals surface area contributed by atoms with E-state index in [1.54, 1.807) is 0 Å². The molecule has 1 unspecified atom stereocenters. The third-order valence-electron chi connectivity index (χ3n) is 4.23. The van der Waals surface area contributed by atoms with Crippen LogP contribution in [0.2, 0.25) is 0 Å². The van der Waals surface area contributed by atoms with Gasteiger partial charge in [-0.3, -0.25) is 9.59 Å². The van der Waals surface area contributed by atoms with Gasteiger partial charge in [0.15, 0.2) is 13.1 Å². The summed E-state index contributed by atoms with van der Waals surface area (Å²) in [6.07, 6.45) is 0.931. The molecule has 0 saturated heterocycles. The Labute approximate surface area is 145 Å². The van der Waals surface area contributed by atoms with Crippen molar-refractivity contribution in [3.63, 3.8) is 0 Å². The zero-order valence-electron chi connectivity index (χ0n) is 15.6. The zero-order chi connectivity index (χ0) is 18.1. The summed E-state index contributed by atoms with van der Waals surface area (Å²) in [4.78, 5) is 25.5. The molecule has 0 aliphatic carbocycles. The molecule has 5 nitrogen and oxygen atoms in total. The van der Waals surface area contributed by atoms with Crippen molar-refractivity contribution in [2.45, 2.75) is 47.1 Å². The highest BCUT2D eigenvalue weighted by Gasteiger charge is 2.19. The summed E-state index contributed by atoms with van der Waals surface area (Å²) in [6, 6.07) is 7.85. The van der Waals surface area contributed by atoms with Gasteiger partial charge in [0.1, 0.15) is 0 Å². The van der Waals surface area contributed by atoms with Crippen LogP contribution in [0.5, 0.6) is 0 Å². The van der Waals surface area contributed by atoms with E-state index in [0.29, 0.717) is 19.0 Å². The second-order valence-corrected chi connectivity index (χ2v) is 6.82. The molecule has 0 aliphatic rings. The maximum Gasteiger partial charge on any atom is 0.279 e. The van der Waals surface area contributed by atoms with Crippen molar-refractivity contribution in [1.82, 2.24) is 5.32 Å². The summed E-state index contributed by atoms with van der Waals surface area (Å²) in [7, 11) is 0. The molecule has 5 heteroatoms. The van der Waals surface area contributed by atoms with Gasteiger partial charge in [-0.25, -0.2) is 0 Å². The number of rotatable bonds is 9. The van der Waals surface area contributed by atoms with E-state index in [1.807, 2.05) is 38.1 Å². The summed E-state index contributed by atoms with van der Waals surface area (Å²) < 4.78 is 0. The minimum absolute atomic E-state index is 0.00309. The highest BCUT2D eigenvalue weighted by Crippen LogP contribution is 2.12. The number of anilines is 1. The van der Waals surface area contributed by atoms with Crippen molar-refractivity contribution in [1.29, 1.82) is 0 Å². The second-order valence-electron chi connectivity index (χ2n) is 6.82. The van der Waals surface area contributed by atoms with Gasteiger partial charge in [0.2, 0.25) is 0 Å². The van der Waals surface area contributed by atoms with E-state index in [4.69, 9.17) is 0 Å². The number of carbonyl (C=O) groups is 2. The molecular formula is C19H32N3O2+. The minimum atomic E-state index is -0.0579. The Bertz CT molecular complexity index is 543. The van der Waals surface area contributed by atoms with Crippen LogP contribution in [-0.4, -0.2) is 37.5 Å². The molecule has 2 atom stereocenters. The van der Waals surface area contributed by atoms with Gasteiger partial charge in [0, 0.05) is 11.7 Å². The molecule has 1 aromatic carbocycles. The van der Waals surface area contributed by atoms with Gasteiger partial charge in [-0.15, -0.1) is 0 Å². The number of hydrogen-bond donors (Lipinski definition) is 3. The number of para-hydroxylation sites is 1. The highest BCUT2D eigenvalue weighted by atomic mass is 16.2. The van der Waals surface area contributed by atoms with Crippen molar-refractivity contribution in [2.75, 3.05) is 25.0 Å². The summed E-state index contributed by atoms with van der Waals surface area (Å²) in [5.74, 6) is 0.341. The van der Waals surface area contributed by atoms with Crippen molar-refractivity contribution in [3.05, 3.63) is 29.8 Å². The van der Waals surface area contributed by atoms with Crippen LogP contribution < -0.4 is 15.5 Å². The molecule has 134 valence electrons. The van der Waals surface area contributed by atoms with Gasteiger partial charge >= 0.3 is 0 Å². The SMILES string of the molecule is CCC[NH+](CC(=O)Nc1ccccc1C)CC(=O)N[C@@H](C)C(C)C. The molecule has 2 amide bonds. The maximum atomic E-state index is 12.3. The molecule has 1 aromatic rings. The third-order valence-corrected chi connectivity index (χ3v) is 4.23. The average molecular weight is 334 g/mol. The summed E-state index contributed by atoms with van der Waals surface area (Å²) in [5, 5.41) is 5.95. The van der Waals surface area contributed by atoms with E-state index in [-0.39, 0.29) is 17.9 Å². The normalized spacial score (nSPS) is 13.4. The molecule has 0 saturated carbocycles. The molecule has 0 spiro atoms. The van der Waals surface area contributed by atoms with E-state index >= 15 is 0 Å². The second kappa shape index (κ2) is 10.1. The lowest BCUT2D eigenvalue weighted by molar-refractivity contribution is -0.883. The summed E-state index contributed by atoms with van der Waals surface area (Å²) >= 11 is 0. The Morgan fingerprint density at radius 3 is 2.29 bits per heavy atom. The first-order valence-corrected chi connectivity index (χ1v) is 8.81. The fraction of sp³-hybridized carbons (Fsp3) is 0.579. The van der Waals surface area contributed by atoms with Crippen LogP contribution >= 0.6 is 0 Å². The Hall–Kier alpha value is -1.88. The zero-order valence-corrected chi connectivity index (χ0v) is 15.6. The lowest BCUT2D eigenvalue weighted by atomic mass is 10.1. The monoisotopic (exact) mass is 334 g/mol. The van der Waals surface area contributed by atoms with Crippen molar-refractivity contribution in [2.24, 2.45) is 5.92 Å². The molecule has 0 bridgehead atoms. The molecular weight excluding hydrogens is 302 g/mol. The van der Waals surface area contributed by atoms with Gasteiger partial charge in [-0.2, -0.15) is 0 Å². The van der Waals surface area contributed by atoms with Crippen molar-refractivity contribution >= 4 is 17.5 Å². The molecule has 0 aliphatic heterocycles. The molecule has 24 heavy (non-hydrogen) atoms. The van der Waals surface area contributed by atoms with Crippen molar-refractivity contribution in [3.8, 4) is 0 Å². The number of aryl methyl sites for hydroxylation is 1. The van der Waals surface area contributed by atoms with Crippen LogP contribution in [0.15, 0.2) is 24.3 Å². The largest absolute Gasteiger partial charge is 0.348 e. The van der Waals surface area contributed by atoms with Crippen LogP contribution in [0.3, 0.4) is 0 Å². The highest BCUT2D eigenvalue weighted by molar-refractivity contribution is 5.92. The van der Waals surface area contributed by atoms with Crippen LogP contribution in [0.1, 0.15) is 39.7 Å². The summed E-state index contributed by atoms with van der Waals surface area (Å²) in [6.45, 7) is 11.6. The molecule has 0 fully saturated rings. The van der Waals surface area contributed by atoms with Crippen LogP contribution in [0.4, 0.5) is 5.69 Å². The number of benzene rings is 1. The lowest BCUT2D eigenvalue weighted by Gasteiger charge is -2.21. The first-order valence-electron chi connectivity index (χ1n) is 8.81. The van der Waals surface area contributed by atoms with E-state index in [1.165, 1.54) is 0 Å². The van der Waals surface area contributed by atoms with Crippen LogP contribution in [0, 0.1) is 12.8 Å². The Morgan fingerprint density at radius 1 is 1.08 bits per heavy atom.